The summed E-state index contributed by atoms with van der Waals surface area (Å²) in [6.45, 7) is 9.97. The fraction of sp³-hybridized carbons (Fsp3) is 0.375. The number of sulfonamides is 1. The van der Waals surface area contributed by atoms with Crippen molar-refractivity contribution in [1.29, 1.82) is 0 Å². The molecule has 0 bridgehead atoms. The van der Waals surface area contributed by atoms with E-state index in [1.54, 1.807) is 12.1 Å². The predicted octanol–water partition coefficient (Wildman–Crippen LogP) is 4.79. The van der Waals surface area contributed by atoms with Crippen LogP contribution in [-0.2, 0) is 32.6 Å². The molecule has 0 spiro atoms. The molecule has 0 unspecified atom stereocenters. The summed E-state index contributed by atoms with van der Waals surface area (Å²) in [5.41, 5.74) is 4.99. The smallest absolute Gasteiger partial charge is 0.244 e. The molecule has 0 aliphatic rings. The summed E-state index contributed by atoms with van der Waals surface area (Å²) < 4.78 is 27.1. The van der Waals surface area contributed by atoms with Gasteiger partial charge in [0.15, 0.2) is 0 Å². The highest BCUT2D eigenvalue weighted by Crippen LogP contribution is 2.23. The van der Waals surface area contributed by atoms with Crippen LogP contribution in [0.5, 0.6) is 0 Å². The molecular weight excluding hydrogens is 522 g/mol. The Hall–Kier alpha value is -3.65. The van der Waals surface area contributed by atoms with Gasteiger partial charge in [0.2, 0.25) is 21.8 Å². The van der Waals surface area contributed by atoms with Crippen molar-refractivity contribution in [2.45, 2.75) is 53.6 Å². The van der Waals surface area contributed by atoms with E-state index in [0.717, 1.165) is 38.4 Å². The number of aryl methyl sites for hydroxylation is 3. The average Bonchev–Trinajstić information content (AvgIpc) is 2.88. The second-order valence-electron chi connectivity index (χ2n) is 10.9. The van der Waals surface area contributed by atoms with Crippen LogP contribution < -0.4 is 9.62 Å². The average molecular weight is 564 g/mol. The molecule has 0 aromatic heterocycles. The molecule has 3 rings (SSSR count). The largest absolute Gasteiger partial charge is 0.354 e. The minimum absolute atomic E-state index is 0.169. The molecule has 2 amide bonds. The van der Waals surface area contributed by atoms with Crippen molar-refractivity contribution in [3.8, 4) is 0 Å². The Bertz CT molecular complexity index is 1400. The van der Waals surface area contributed by atoms with Crippen LogP contribution >= 0.6 is 0 Å². The maximum Gasteiger partial charge on any atom is 0.244 e. The van der Waals surface area contributed by atoms with Crippen LogP contribution in [0.3, 0.4) is 0 Å². The van der Waals surface area contributed by atoms with E-state index in [4.69, 9.17) is 0 Å². The molecular formula is C32H41N3O4S. The molecule has 0 heterocycles. The number of carbonyl (C=O) groups excluding carboxylic acids is 2. The van der Waals surface area contributed by atoms with Gasteiger partial charge in [-0.15, -0.1) is 0 Å². The molecule has 0 saturated carbocycles. The monoisotopic (exact) mass is 563 g/mol. The molecule has 0 fully saturated rings. The van der Waals surface area contributed by atoms with Crippen LogP contribution in [0.1, 0.15) is 41.7 Å². The second kappa shape index (κ2) is 13.6. The van der Waals surface area contributed by atoms with Crippen LogP contribution in [0.15, 0.2) is 72.8 Å². The molecule has 1 atom stereocenters. The van der Waals surface area contributed by atoms with E-state index >= 15 is 0 Å². The Morgan fingerprint density at radius 1 is 0.875 bits per heavy atom. The normalized spacial score (nSPS) is 12.2. The summed E-state index contributed by atoms with van der Waals surface area (Å²) in [6.07, 6.45) is 1.39. The number of carbonyl (C=O) groups is 2. The summed E-state index contributed by atoms with van der Waals surface area (Å²) in [7, 11) is -3.80. The van der Waals surface area contributed by atoms with Crippen molar-refractivity contribution in [3.63, 3.8) is 0 Å². The van der Waals surface area contributed by atoms with Crippen molar-refractivity contribution in [3.05, 3.63) is 101 Å². The maximum atomic E-state index is 14.2. The Labute approximate surface area is 239 Å². The minimum atomic E-state index is -3.80. The van der Waals surface area contributed by atoms with E-state index in [0.29, 0.717) is 18.7 Å². The lowest BCUT2D eigenvalue weighted by atomic mass is 10.0. The van der Waals surface area contributed by atoms with Crippen molar-refractivity contribution < 1.29 is 18.0 Å². The summed E-state index contributed by atoms with van der Waals surface area (Å²) in [5.74, 6) is -0.489. The quantitative estimate of drug-likeness (QED) is 0.343. The first-order valence-electron chi connectivity index (χ1n) is 13.6. The van der Waals surface area contributed by atoms with Crippen LogP contribution in [0.4, 0.5) is 5.69 Å². The Morgan fingerprint density at radius 3 is 2.05 bits per heavy atom. The van der Waals surface area contributed by atoms with Gasteiger partial charge in [0.05, 0.1) is 11.9 Å². The Balaban J connectivity index is 2.07. The number of benzene rings is 3. The Morgan fingerprint density at radius 2 is 1.48 bits per heavy atom. The summed E-state index contributed by atoms with van der Waals surface area (Å²) in [5, 5.41) is 3.00. The standard InChI is InChI=1S/C32H41N3O4S/c1-23(2)20-33-32(37)30(19-27-13-8-7-9-14-27)34(21-28-15-11-10-12-26(28)5)31(36)22-35(40(6,38)39)29-17-24(3)16-25(4)18-29/h7-18,23,30H,19-22H2,1-6H3,(H,33,37)/t30-/m1/s1. The van der Waals surface area contributed by atoms with Crippen molar-refractivity contribution in [1.82, 2.24) is 10.2 Å². The van der Waals surface area contributed by atoms with Crippen molar-refractivity contribution in [2.75, 3.05) is 23.7 Å². The van der Waals surface area contributed by atoms with Gasteiger partial charge in [-0.2, -0.15) is 0 Å². The van der Waals surface area contributed by atoms with Gasteiger partial charge >= 0.3 is 0 Å². The van der Waals surface area contributed by atoms with Gasteiger partial charge in [0, 0.05) is 19.5 Å². The fourth-order valence-corrected chi connectivity index (χ4v) is 5.49. The predicted molar refractivity (Wildman–Crippen MR) is 162 cm³/mol. The zero-order valence-electron chi connectivity index (χ0n) is 24.3. The van der Waals surface area contributed by atoms with E-state index in [2.05, 4.69) is 5.32 Å². The summed E-state index contributed by atoms with van der Waals surface area (Å²) in [6, 6.07) is 21.9. The van der Waals surface area contributed by atoms with Gasteiger partial charge < -0.3 is 10.2 Å². The third-order valence-electron chi connectivity index (χ3n) is 6.73. The lowest BCUT2D eigenvalue weighted by Gasteiger charge is -2.34. The summed E-state index contributed by atoms with van der Waals surface area (Å²) >= 11 is 0. The number of nitrogens with one attached hydrogen (secondary N) is 1. The summed E-state index contributed by atoms with van der Waals surface area (Å²) in [4.78, 5) is 29.4. The van der Waals surface area contributed by atoms with Gasteiger partial charge in [-0.05, 0) is 66.6 Å². The number of hydrogen-bond acceptors (Lipinski definition) is 4. The second-order valence-corrected chi connectivity index (χ2v) is 12.8. The first kappa shape index (κ1) is 30.9. The van der Waals surface area contributed by atoms with Crippen molar-refractivity contribution in [2.24, 2.45) is 5.92 Å². The Kier molecular flexibility index (Phi) is 10.5. The highest BCUT2D eigenvalue weighted by atomic mass is 32.2. The van der Waals surface area contributed by atoms with Gasteiger partial charge in [0.1, 0.15) is 12.6 Å². The molecule has 3 aromatic carbocycles. The van der Waals surface area contributed by atoms with Crippen LogP contribution in [0.25, 0.3) is 0 Å². The van der Waals surface area contributed by atoms with Gasteiger partial charge in [-0.3, -0.25) is 13.9 Å². The number of amides is 2. The molecule has 0 aliphatic carbocycles. The fourth-order valence-electron chi connectivity index (χ4n) is 4.66. The number of rotatable bonds is 12. The van der Waals surface area contributed by atoms with Crippen LogP contribution in [-0.4, -0.2) is 50.5 Å². The molecule has 214 valence electrons. The van der Waals surface area contributed by atoms with Crippen LogP contribution in [0, 0.1) is 26.7 Å². The zero-order valence-corrected chi connectivity index (χ0v) is 25.2. The van der Waals surface area contributed by atoms with E-state index in [1.807, 2.05) is 95.3 Å². The SMILES string of the molecule is Cc1cc(C)cc(N(CC(=O)N(Cc2ccccc2C)[C@H](Cc2ccccc2)C(=O)NCC(C)C)S(C)(=O)=O)c1. The van der Waals surface area contributed by atoms with Gasteiger partial charge in [0.25, 0.3) is 0 Å². The molecule has 8 heteroatoms. The molecule has 0 radical (unpaired) electrons. The third kappa shape index (κ3) is 8.68. The maximum absolute atomic E-state index is 14.2. The van der Waals surface area contributed by atoms with Crippen LogP contribution in [0.2, 0.25) is 0 Å². The highest BCUT2D eigenvalue weighted by Gasteiger charge is 2.33. The van der Waals surface area contributed by atoms with E-state index in [-0.39, 0.29) is 18.4 Å². The van der Waals surface area contributed by atoms with E-state index < -0.39 is 28.5 Å². The van der Waals surface area contributed by atoms with Gasteiger partial charge in [-0.1, -0.05) is 74.5 Å². The first-order valence-corrected chi connectivity index (χ1v) is 15.4. The number of anilines is 1. The minimum Gasteiger partial charge on any atom is -0.354 e. The molecule has 3 aromatic rings. The number of hydrogen-bond donors (Lipinski definition) is 1. The van der Waals surface area contributed by atoms with E-state index in [9.17, 15) is 18.0 Å². The molecule has 7 nitrogen and oxygen atoms in total. The molecule has 1 N–H and O–H groups in total. The van der Waals surface area contributed by atoms with Gasteiger partial charge in [-0.25, -0.2) is 8.42 Å². The van der Waals surface area contributed by atoms with Crippen molar-refractivity contribution >= 4 is 27.5 Å². The molecule has 0 saturated heterocycles. The molecule has 0 aliphatic heterocycles. The number of nitrogens with zero attached hydrogens (tertiary/aromatic N) is 2. The molecule has 40 heavy (non-hydrogen) atoms. The van der Waals surface area contributed by atoms with E-state index in [1.165, 1.54) is 4.90 Å². The third-order valence-corrected chi connectivity index (χ3v) is 7.87. The lowest BCUT2D eigenvalue weighted by molar-refractivity contribution is -0.140. The highest BCUT2D eigenvalue weighted by molar-refractivity contribution is 7.92. The first-order chi connectivity index (χ1) is 18.8. The topological polar surface area (TPSA) is 86.8 Å². The zero-order chi connectivity index (χ0) is 29.4. The lowest BCUT2D eigenvalue weighted by Crippen LogP contribution is -2.53.